The number of carboxylic acid groups (broad SMARTS) is 1. The number of nitrogens with one attached hydrogen (secondary N) is 1. The van der Waals surface area contributed by atoms with Gasteiger partial charge in [0.2, 0.25) is 0 Å². The highest BCUT2D eigenvalue weighted by molar-refractivity contribution is 5.74. The largest absolute Gasteiger partial charge is 0.480 e. The molecule has 2 rings (SSSR count). The first-order valence-corrected chi connectivity index (χ1v) is 6.44. The molecule has 9 nitrogen and oxygen atoms in total. The molecule has 9 heteroatoms. The minimum absolute atomic E-state index is 0.0839. The zero-order valence-electron chi connectivity index (χ0n) is 12.1. The van der Waals surface area contributed by atoms with Crippen LogP contribution < -0.4 is 22.1 Å². The molecule has 2 heterocycles. The van der Waals surface area contributed by atoms with Crippen molar-refractivity contribution in [2.75, 3.05) is 0 Å². The minimum Gasteiger partial charge on any atom is -0.480 e. The summed E-state index contributed by atoms with van der Waals surface area (Å²) in [4.78, 5) is 42.1. The van der Waals surface area contributed by atoms with Gasteiger partial charge < -0.3 is 14.2 Å². The maximum absolute atomic E-state index is 10.7. The van der Waals surface area contributed by atoms with Gasteiger partial charge in [0.1, 0.15) is 13.1 Å². The fraction of sp³-hybridized carbons (Fsp3) is 0.143. The second kappa shape index (κ2) is 8.95. The molecule has 0 saturated heterocycles. The average Bonchev–Trinajstić information content (AvgIpc) is 2.52. The van der Waals surface area contributed by atoms with E-state index in [1.165, 1.54) is 53.6 Å². The van der Waals surface area contributed by atoms with Crippen molar-refractivity contribution in [3.8, 4) is 0 Å². The lowest BCUT2D eigenvalue weighted by molar-refractivity contribution is -0.137. The first-order valence-electron chi connectivity index (χ1n) is 6.44. The van der Waals surface area contributed by atoms with E-state index in [4.69, 9.17) is 10.9 Å². The van der Waals surface area contributed by atoms with Gasteiger partial charge >= 0.3 is 5.97 Å². The number of rotatable bonds is 4. The highest BCUT2D eigenvalue weighted by Crippen LogP contribution is 1.83. The standard InChI is InChI=1S/C7H9N3O2.C7H7NO3/c8-9-7(12)5-10-3-1-6(11)2-4-10;9-6-1-3-8(4-2-6)5-7(10)11/h1-4H,5,8H2,(H,9,12);1-4H,5H2,(H,10,11). The van der Waals surface area contributed by atoms with Crippen molar-refractivity contribution in [1.82, 2.24) is 14.6 Å². The van der Waals surface area contributed by atoms with E-state index in [0.717, 1.165) is 0 Å². The smallest absolute Gasteiger partial charge is 0.323 e. The minimum atomic E-state index is -0.923. The molecule has 0 unspecified atom stereocenters. The van der Waals surface area contributed by atoms with Gasteiger partial charge in [0.05, 0.1) is 0 Å². The molecule has 0 aliphatic carbocycles. The van der Waals surface area contributed by atoms with Gasteiger partial charge in [-0.15, -0.1) is 0 Å². The SMILES string of the molecule is NNC(=O)Cn1ccc(=O)cc1.O=C(O)Cn1ccc(=O)cc1. The molecule has 122 valence electrons. The molecule has 0 saturated carbocycles. The highest BCUT2D eigenvalue weighted by Gasteiger charge is 1.97. The van der Waals surface area contributed by atoms with E-state index in [-0.39, 0.29) is 29.9 Å². The lowest BCUT2D eigenvalue weighted by atomic mass is 10.4. The van der Waals surface area contributed by atoms with Crippen LogP contribution in [0.2, 0.25) is 0 Å². The van der Waals surface area contributed by atoms with E-state index < -0.39 is 5.97 Å². The number of aliphatic carboxylic acids is 1. The molecule has 0 aliphatic heterocycles. The van der Waals surface area contributed by atoms with Gasteiger partial charge in [-0.25, -0.2) is 5.84 Å². The first-order chi connectivity index (χ1) is 10.9. The number of hydrazine groups is 1. The van der Waals surface area contributed by atoms with Crippen LogP contribution in [0.25, 0.3) is 0 Å². The molecule has 1 amide bonds. The number of nitrogens with two attached hydrogens (primary N) is 1. The van der Waals surface area contributed by atoms with Crippen LogP contribution in [0.3, 0.4) is 0 Å². The highest BCUT2D eigenvalue weighted by atomic mass is 16.4. The predicted molar refractivity (Wildman–Crippen MR) is 81.4 cm³/mol. The monoisotopic (exact) mass is 320 g/mol. The number of amides is 1. The Morgan fingerprint density at radius 3 is 1.65 bits per heavy atom. The van der Waals surface area contributed by atoms with Crippen LogP contribution in [0.1, 0.15) is 0 Å². The summed E-state index contributed by atoms with van der Waals surface area (Å²) in [6, 6.07) is 5.40. The van der Waals surface area contributed by atoms with E-state index in [9.17, 15) is 19.2 Å². The number of hydrogen-bond donors (Lipinski definition) is 3. The quantitative estimate of drug-likeness (QED) is 0.366. The van der Waals surface area contributed by atoms with Crippen LogP contribution in [-0.2, 0) is 22.7 Å². The fourth-order valence-electron chi connectivity index (χ4n) is 1.47. The van der Waals surface area contributed by atoms with Crippen molar-refractivity contribution < 1.29 is 14.7 Å². The second-order valence-electron chi connectivity index (χ2n) is 4.37. The molecule has 0 radical (unpaired) electrons. The lowest BCUT2D eigenvalue weighted by Gasteiger charge is -2.02. The number of nitrogens with zero attached hydrogens (tertiary/aromatic N) is 2. The number of hydrogen-bond acceptors (Lipinski definition) is 5. The van der Waals surface area contributed by atoms with Crippen LogP contribution >= 0.6 is 0 Å². The molecular weight excluding hydrogens is 304 g/mol. The summed E-state index contributed by atoms with van der Waals surface area (Å²) >= 11 is 0. The molecule has 0 atom stereocenters. The molecule has 0 aliphatic rings. The predicted octanol–water partition coefficient (Wildman–Crippen LogP) is -1.23. The normalized spacial score (nSPS) is 9.43. The summed E-state index contributed by atoms with van der Waals surface area (Å²) in [6.07, 6.45) is 5.93. The maximum Gasteiger partial charge on any atom is 0.323 e. The molecule has 2 aromatic heterocycles. The number of carbonyl (C=O) groups is 2. The van der Waals surface area contributed by atoms with E-state index in [2.05, 4.69) is 0 Å². The van der Waals surface area contributed by atoms with Crippen LogP contribution in [-0.4, -0.2) is 26.1 Å². The van der Waals surface area contributed by atoms with E-state index >= 15 is 0 Å². The van der Waals surface area contributed by atoms with Crippen LogP contribution in [0.15, 0.2) is 58.6 Å². The van der Waals surface area contributed by atoms with Gasteiger partial charge in [-0.3, -0.25) is 24.6 Å². The number of carbonyl (C=O) groups excluding carboxylic acids is 1. The molecule has 0 fully saturated rings. The Labute approximate surface area is 130 Å². The average molecular weight is 320 g/mol. The van der Waals surface area contributed by atoms with E-state index in [0.29, 0.717) is 0 Å². The molecule has 4 N–H and O–H groups in total. The zero-order chi connectivity index (χ0) is 17.2. The van der Waals surface area contributed by atoms with Crippen LogP contribution in [0, 0.1) is 0 Å². The summed E-state index contributed by atoms with van der Waals surface area (Å²) in [5, 5.41) is 8.34. The summed E-state index contributed by atoms with van der Waals surface area (Å²) in [7, 11) is 0. The van der Waals surface area contributed by atoms with E-state index in [1.54, 1.807) is 4.57 Å². The third-order valence-electron chi connectivity index (χ3n) is 2.53. The van der Waals surface area contributed by atoms with Gasteiger partial charge in [0.15, 0.2) is 10.9 Å². The number of pyridine rings is 2. The fourth-order valence-corrected chi connectivity index (χ4v) is 1.47. The van der Waals surface area contributed by atoms with Crippen molar-refractivity contribution >= 4 is 11.9 Å². The molecule has 0 aromatic carbocycles. The first kappa shape index (κ1) is 17.9. The summed E-state index contributed by atoms with van der Waals surface area (Å²) in [5.74, 6) is 3.65. The number of carboxylic acids is 1. The topological polar surface area (TPSA) is 136 Å². The van der Waals surface area contributed by atoms with Gasteiger partial charge in [-0.2, -0.15) is 0 Å². The Kier molecular flexibility index (Phi) is 6.95. The van der Waals surface area contributed by atoms with Crippen molar-refractivity contribution in [2.45, 2.75) is 13.1 Å². The molecule has 23 heavy (non-hydrogen) atoms. The van der Waals surface area contributed by atoms with Crippen LogP contribution in [0.5, 0.6) is 0 Å². The third kappa shape index (κ3) is 7.39. The van der Waals surface area contributed by atoms with E-state index in [1.807, 2.05) is 5.43 Å². The Morgan fingerprint density at radius 1 is 0.913 bits per heavy atom. The zero-order valence-corrected chi connectivity index (χ0v) is 12.1. The van der Waals surface area contributed by atoms with Crippen molar-refractivity contribution in [2.24, 2.45) is 5.84 Å². The van der Waals surface area contributed by atoms with Crippen molar-refractivity contribution in [3.63, 3.8) is 0 Å². The van der Waals surface area contributed by atoms with Crippen molar-refractivity contribution in [3.05, 3.63) is 69.5 Å². The Morgan fingerprint density at radius 2 is 1.30 bits per heavy atom. The van der Waals surface area contributed by atoms with Gasteiger partial charge in [0, 0.05) is 49.1 Å². The van der Waals surface area contributed by atoms with Gasteiger partial charge in [-0.05, 0) is 0 Å². The second-order valence-corrected chi connectivity index (χ2v) is 4.37. The van der Waals surface area contributed by atoms with Gasteiger partial charge in [0.25, 0.3) is 5.91 Å². The van der Waals surface area contributed by atoms with Crippen LogP contribution in [0.4, 0.5) is 0 Å². The van der Waals surface area contributed by atoms with Crippen molar-refractivity contribution in [1.29, 1.82) is 0 Å². The third-order valence-corrected chi connectivity index (χ3v) is 2.53. The summed E-state index contributed by atoms with van der Waals surface area (Å²) in [5.41, 5.74) is 1.79. The Balaban J connectivity index is 0.000000231. The Bertz CT molecular complexity index is 740. The van der Waals surface area contributed by atoms with Gasteiger partial charge in [-0.1, -0.05) is 0 Å². The lowest BCUT2D eigenvalue weighted by Crippen LogP contribution is -2.33. The Hall–Kier alpha value is -3.20. The summed E-state index contributed by atoms with van der Waals surface area (Å²) in [6.45, 7) is 0.0110. The molecular formula is C14H16N4O5. The molecule has 0 spiro atoms. The summed E-state index contributed by atoms with van der Waals surface area (Å²) < 4.78 is 2.98. The maximum atomic E-state index is 10.7. The molecule has 0 bridgehead atoms. The molecule has 2 aromatic rings. The number of aromatic nitrogens is 2.